The van der Waals surface area contributed by atoms with Crippen LogP contribution in [0.3, 0.4) is 0 Å². The van der Waals surface area contributed by atoms with E-state index in [0.29, 0.717) is 17.5 Å². The monoisotopic (exact) mass is 964 g/mol. The van der Waals surface area contributed by atoms with Crippen molar-refractivity contribution in [1.29, 1.82) is 0 Å². The first-order valence-corrected chi connectivity index (χ1v) is 23.7. The highest BCUT2D eigenvalue weighted by Crippen LogP contribution is 2.32. The number of piperidine rings is 2. The van der Waals surface area contributed by atoms with Crippen LogP contribution in [0.2, 0.25) is 0 Å². The first-order valence-electron chi connectivity index (χ1n) is 23.7. The molecule has 0 saturated carbocycles. The lowest BCUT2D eigenvalue weighted by Crippen LogP contribution is -2.46. The zero-order chi connectivity index (χ0) is 50.0. The van der Waals surface area contributed by atoms with Gasteiger partial charge in [-0.15, -0.1) is 0 Å². The first kappa shape index (κ1) is 51.3. The number of likely N-dealkylation sites (tertiary alicyclic amines) is 2. The van der Waals surface area contributed by atoms with Crippen molar-refractivity contribution in [1.82, 2.24) is 49.1 Å². The molecule has 6 heterocycles. The standard InChI is InChI=1S/C24H29N5O3.C15H11N3O2.C15H24N2O2/c1-27(24(30)29-16-21(26-17-29)18-6-5-11-25-14-18)19-9-12-28(13-10-19)15-20-22(31-2)7-4-8-23(20)32-3;19-15(20-13-6-2-1-3-7-13)18-10-14(17-11-18)12-5-4-8-16-9-12;1-16-12-7-9-17(10-8-12)11-13-14(18-2)5-4-6-15(13)19-3/h4-8,11,14,16-17,19H,9-10,12-13,15H2,1-3H3;1-11H;4-6,12,16H,7-11H2,1-3H3. The van der Waals surface area contributed by atoms with Crippen LogP contribution < -0.4 is 29.0 Å². The molecule has 7 aromatic rings. The number of amides is 1. The number of benzene rings is 3. The van der Waals surface area contributed by atoms with Gasteiger partial charge in [0.2, 0.25) is 0 Å². The number of imidazole rings is 2. The molecule has 0 bridgehead atoms. The van der Waals surface area contributed by atoms with E-state index in [1.165, 1.54) is 23.7 Å². The fourth-order valence-electron chi connectivity index (χ4n) is 8.62. The van der Waals surface area contributed by atoms with Gasteiger partial charge in [0.1, 0.15) is 41.4 Å². The summed E-state index contributed by atoms with van der Waals surface area (Å²) in [6, 6.07) is 29.0. The molecule has 2 saturated heterocycles. The van der Waals surface area contributed by atoms with Crippen LogP contribution >= 0.6 is 0 Å². The minimum Gasteiger partial charge on any atom is -0.496 e. The quantitative estimate of drug-likeness (QED) is 0.117. The molecular formula is C54H64N10O7. The third-order valence-corrected chi connectivity index (χ3v) is 12.7. The van der Waals surface area contributed by atoms with E-state index in [-0.39, 0.29) is 12.1 Å². The van der Waals surface area contributed by atoms with Gasteiger partial charge in [0.05, 0.1) is 51.0 Å². The van der Waals surface area contributed by atoms with E-state index in [2.05, 4.69) is 35.1 Å². The molecule has 17 heteroatoms. The number of hydrogen-bond acceptors (Lipinski definition) is 14. The molecule has 17 nitrogen and oxygen atoms in total. The van der Waals surface area contributed by atoms with Crippen LogP contribution in [-0.4, -0.2) is 137 Å². The van der Waals surface area contributed by atoms with Crippen molar-refractivity contribution in [2.24, 2.45) is 0 Å². The molecule has 4 aromatic heterocycles. The number of pyridine rings is 2. The lowest BCUT2D eigenvalue weighted by atomic mass is 10.0. The minimum absolute atomic E-state index is 0.0718. The number of aromatic nitrogens is 6. The third-order valence-electron chi connectivity index (χ3n) is 12.7. The van der Waals surface area contributed by atoms with Crippen molar-refractivity contribution in [3.8, 4) is 51.3 Å². The maximum absolute atomic E-state index is 13.0. The molecule has 9 rings (SSSR count). The Morgan fingerprint density at radius 1 is 0.606 bits per heavy atom. The van der Waals surface area contributed by atoms with Gasteiger partial charge in [0, 0.05) is 93.6 Å². The van der Waals surface area contributed by atoms with Crippen molar-refractivity contribution in [3.05, 3.63) is 152 Å². The second kappa shape index (κ2) is 25.8. The summed E-state index contributed by atoms with van der Waals surface area (Å²) >= 11 is 0. The summed E-state index contributed by atoms with van der Waals surface area (Å²) in [5, 5.41) is 3.36. The topological polar surface area (TPSA) is 163 Å². The normalized spacial score (nSPS) is 14.2. The number of para-hydroxylation sites is 1. The predicted molar refractivity (Wildman–Crippen MR) is 272 cm³/mol. The largest absolute Gasteiger partial charge is 0.496 e. The van der Waals surface area contributed by atoms with E-state index in [0.717, 1.165) is 103 Å². The van der Waals surface area contributed by atoms with Gasteiger partial charge in [0.25, 0.3) is 0 Å². The minimum atomic E-state index is -0.501. The molecule has 0 spiro atoms. The highest BCUT2D eigenvalue weighted by molar-refractivity contribution is 5.78. The van der Waals surface area contributed by atoms with E-state index in [4.69, 9.17) is 23.7 Å². The van der Waals surface area contributed by atoms with Crippen LogP contribution in [0.15, 0.2) is 141 Å². The SMILES string of the molecule is CNC1CCN(Cc2c(OC)cccc2OC)CC1.COc1cccc(OC)c1CN1CCC(N(C)C(=O)n2cnc(-c3cccnc3)c2)CC1.O=C(Oc1ccccc1)n1cnc(-c2cccnc2)c1. The summed E-state index contributed by atoms with van der Waals surface area (Å²) in [6.45, 7) is 5.68. The molecule has 3 aromatic carbocycles. The van der Waals surface area contributed by atoms with E-state index in [9.17, 15) is 9.59 Å². The van der Waals surface area contributed by atoms with Crippen LogP contribution in [-0.2, 0) is 13.1 Å². The fourth-order valence-corrected chi connectivity index (χ4v) is 8.62. The van der Waals surface area contributed by atoms with Gasteiger partial charge in [0.15, 0.2) is 0 Å². The Labute approximate surface area is 416 Å². The van der Waals surface area contributed by atoms with Gasteiger partial charge in [-0.3, -0.25) is 24.3 Å². The van der Waals surface area contributed by atoms with Crippen LogP contribution in [0.4, 0.5) is 9.59 Å². The second-order valence-electron chi connectivity index (χ2n) is 17.0. The van der Waals surface area contributed by atoms with Crippen LogP contribution in [0, 0.1) is 0 Å². The Bertz CT molecular complexity index is 2680. The zero-order valence-corrected chi connectivity index (χ0v) is 41.4. The maximum atomic E-state index is 13.0. The number of carbonyl (C=O) groups excluding carboxylic acids is 2. The Balaban J connectivity index is 0.000000165. The number of nitrogens with one attached hydrogen (secondary N) is 1. The first-order chi connectivity index (χ1) is 34.7. The third kappa shape index (κ3) is 13.8. The molecular weight excluding hydrogens is 901 g/mol. The van der Waals surface area contributed by atoms with Crippen LogP contribution in [0.5, 0.6) is 28.7 Å². The molecule has 0 unspecified atom stereocenters. The Hall–Kier alpha value is -7.60. The summed E-state index contributed by atoms with van der Waals surface area (Å²) in [4.78, 5) is 48.3. The molecule has 0 aliphatic carbocycles. The molecule has 1 amide bonds. The number of carbonyl (C=O) groups is 2. The van der Waals surface area contributed by atoms with E-state index >= 15 is 0 Å². The van der Waals surface area contributed by atoms with Gasteiger partial charge in [-0.1, -0.05) is 30.3 Å². The molecule has 372 valence electrons. The summed E-state index contributed by atoms with van der Waals surface area (Å²) in [5.74, 6) is 3.99. The Morgan fingerprint density at radius 2 is 1.07 bits per heavy atom. The van der Waals surface area contributed by atoms with Crippen molar-refractivity contribution >= 4 is 12.1 Å². The summed E-state index contributed by atoms with van der Waals surface area (Å²) < 4.78 is 30.0. The molecule has 2 aliphatic heterocycles. The predicted octanol–water partition coefficient (Wildman–Crippen LogP) is 8.41. The van der Waals surface area contributed by atoms with Gasteiger partial charge >= 0.3 is 12.1 Å². The number of rotatable bonds is 13. The van der Waals surface area contributed by atoms with Crippen molar-refractivity contribution in [2.45, 2.75) is 50.9 Å². The number of ether oxygens (including phenoxy) is 5. The summed E-state index contributed by atoms with van der Waals surface area (Å²) in [5.41, 5.74) is 5.35. The van der Waals surface area contributed by atoms with Crippen LogP contribution in [0.1, 0.15) is 36.8 Å². The van der Waals surface area contributed by atoms with E-state index in [1.54, 1.807) is 101 Å². The summed E-state index contributed by atoms with van der Waals surface area (Å²) in [7, 11) is 10.7. The lowest BCUT2D eigenvalue weighted by Gasteiger charge is -2.36. The molecule has 2 fully saturated rings. The van der Waals surface area contributed by atoms with Gasteiger partial charge in [-0.05, 0) is 106 Å². The van der Waals surface area contributed by atoms with Gasteiger partial charge in [-0.2, -0.15) is 0 Å². The average molecular weight is 965 g/mol. The number of hydrogen-bond donors (Lipinski definition) is 1. The number of nitrogens with zero attached hydrogens (tertiary/aromatic N) is 9. The van der Waals surface area contributed by atoms with Crippen LogP contribution in [0.25, 0.3) is 22.5 Å². The highest BCUT2D eigenvalue weighted by atomic mass is 16.6. The molecule has 0 radical (unpaired) electrons. The highest BCUT2D eigenvalue weighted by Gasteiger charge is 2.28. The average Bonchev–Trinajstić information content (AvgIpc) is 4.15. The smallest absolute Gasteiger partial charge is 0.424 e. The van der Waals surface area contributed by atoms with Gasteiger partial charge < -0.3 is 33.9 Å². The molecule has 0 atom stereocenters. The van der Waals surface area contributed by atoms with Crippen molar-refractivity contribution in [3.63, 3.8) is 0 Å². The molecule has 71 heavy (non-hydrogen) atoms. The van der Waals surface area contributed by atoms with Crippen molar-refractivity contribution in [2.75, 3.05) is 68.7 Å². The Kier molecular flexibility index (Phi) is 18.7. The second-order valence-corrected chi connectivity index (χ2v) is 17.0. The molecule has 2 aliphatic rings. The number of methoxy groups -OCH3 is 4. The fraction of sp³-hybridized carbons (Fsp3) is 0.333. The van der Waals surface area contributed by atoms with E-state index in [1.807, 2.05) is 85.7 Å². The summed E-state index contributed by atoms with van der Waals surface area (Å²) in [6.07, 6.45) is 16.9. The Morgan fingerprint density at radius 3 is 1.52 bits per heavy atom. The lowest BCUT2D eigenvalue weighted by molar-refractivity contribution is 0.130. The van der Waals surface area contributed by atoms with E-state index < -0.39 is 6.09 Å². The maximum Gasteiger partial charge on any atom is 0.424 e. The van der Waals surface area contributed by atoms with Gasteiger partial charge in [-0.25, -0.2) is 24.1 Å². The zero-order valence-electron chi connectivity index (χ0n) is 41.4. The van der Waals surface area contributed by atoms with Crippen molar-refractivity contribution < 1.29 is 33.3 Å². The molecule has 1 N–H and O–H groups in total.